The van der Waals surface area contributed by atoms with E-state index in [4.69, 9.17) is 0 Å². The normalized spacial score (nSPS) is 25.5. The van der Waals surface area contributed by atoms with Crippen LogP contribution in [-0.2, 0) is 14.8 Å². The number of aryl methyl sites for hydroxylation is 2. The molecule has 1 aliphatic heterocycles. The van der Waals surface area contributed by atoms with Crippen molar-refractivity contribution in [3.63, 3.8) is 0 Å². The minimum Gasteiger partial charge on any atom is -0.352 e. The van der Waals surface area contributed by atoms with E-state index in [9.17, 15) is 13.2 Å². The van der Waals surface area contributed by atoms with E-state index in [1.54, 1.807) is 16.4 Å². The molecule has 29 heavy (non-hydrogen) atoms. The molecule has 1 amide bonds. The lowest BCUT2D eigenvalue weighted by Crippen LogP contribution is -2.56. The Morgan fingerprint density at radius 3 is 2.34 bits per heavy atom. The summed E-state index contributed by atoms with van der Waals surface area (Å²) in [5.74, 6) is 0.592. The third-order valence-corrected chi connectivity index (χ3v) is 8.65. The highest BCUT2D eigenvalue weighted by atomic mass is 32.2. The molecule has 7 heteroatoms. The molecule has 3 atom stereocenters. The number of piperazine rings is 1. The van der Waals surface area contributed by atoms with Crippen LogP contribution in [0.15, 0.2) is 23.1 Å². The first-order chi connectivity index (χ1) is 13.7. The van der Waals surface area contributed by atoms with Crippen molar-refractivity contribution < 1.29 is 13.2 Å². The molecule has 0 radical (unpaired) electrons. The summed E-state index contributed by atoms with van der Waals surface area (Å²) >= 11 is 0. The lowest BCUT2D eigenvalue weighted by molar-refractivity contribution is -0.127. The minimum absolute atomic E-state index is 0.0641. The van der Waals surface area contributed by atoms with Crippen molar-refractivity contribution in [2.45, 2.75) is 70.4 Å². The molecule has 2 aliphatic rings. The number of nitrogens with zero attached hydrogens (tertiary/aromatic N) is 2. The smallest absolute Gasteiger partial charge is 0.243 e. The van der Waals surface area contributed by atoms with Crippen molar-refractivity contribution >= 4 is 15.9 Å². The van der Waals surface area contributed by atoms with E-state index in [1.807, 2.05) is 26.8 Å². The molecule has 1 heterocycles. The van der Waals surface area contributed by atoms with Crippen molar-refractivity contribution in [2.24, 2.45) is 5.92 Å². The van der Waals surface area contributed by atoms with Crippen LogP contribution in [0, 0.1) is 19.8 Å². The van der Waals surface area contributed by atoms with Gasteiger partial charge in [0, 0.05) is 32.2 Å². The van der Waals surface area contributed by atoms with E-state index in [1.165, 1.54) is 19.3 Å². The third-order valence-electron chi connectivity index (χ3n) is 6.76. The average molecular weight is 422 g/mol. The Morgan fingerprint density at radius 1 is 1.07 bits per heavy atom. The Labute approximate surface area is 175 Å². The molecule has 1 aromatic carbocycles. The zero-order valence-corrected chi connectivity index (χ0v) is 19.0. The van der Waals surface area contributed by atoms with Gasteiger partial charge in [0.2, 0.25) is 15.9 Å². The van der Waals surface area contributed by atoms with Gasteiger partial charge in [-0.1, -0.05) is 25.8 Å². The number of nitrogens with one attached hydrogen (secondary N) is 1. The monoisotopic (exact) mass is 421 g/mol. The zero-order chi connectivity index (χ0) is 21.2. The van der Waals surface area contributed by atoms with Crippen molar-refractivity contribution in [3.8, 4) is 0 Å². The second kappa shape index (κ2) is 9.14. The molecule has 0 bridgehead atoms. The maximum atomic E-state index is 13.0. The first-order valence-corrected chi connectivity index (χ1v) is 12.3. The fourth-order valence-corrected chi connectivity index (χ4v) is 5.86. The van der Waals surface area contributed by atoms with Gasteiger partial charge in [0.25, 0.3) is 0 Å². The lowest BCUT2D eigenvalue weighted by Gasteiger charge is -2.38. The highest BCUT2D eigenvalue weighted by Crippen LogP contribution is 2.24. The Morgan fingerprint density at radius 2 is 1.72 bits per heavy atom. The fraction of sp³-hybridized carbons (Fsp3) is 0.682. The van der Waals surface area contributed by atoms with Gasteiger partial charge in [-0.25, -0.2) is 8.42 Å². The molecule has 1 N–H and O–H groups in total. The Hall–Kier alpha value is -1.44. The summed E-state index contributed by atoms with van der Waals surface area (Å²) < 4.78 is 27.5. The number of benzene rings is 1. The number of hydrogen-bond acceptors (Lipinski definition) is 4. The number of hydrogen-bond donors (Lipinski definition) is 1. The van der Waals surface area contributed by atoms with Crippen LogP contribution in [0.3, 0.4) is 0 Å². The molecule has 1 aliphatic carbocycles. The minimum atomic E-state index is -3.49. The van der Waals surface area contributed by atoms with Crippen LogP contribution in [0.2, 0.25) is 0 Å². The van der Waals surface area contributed by atoms with Crippen LogP contribution in [0.4, 0.5) is 0 Å². The van der Waals surface area contributed by atoms with Crippen LogP contribution >= 0.6 is 0 Å². The van der Waals surface area contributed by atoms with Gasteiger partial charge in [0.15, 0.2) is 0 Å². The highest BCUT2D eigenvalue weighted by molar-refractivity contribution is 7.89. The highest BCUT2D eigenvalue weighted by Gasteiger charge is 2.33. The molecule has 0 aromatic heterocycles. The summed E-state index contributed by atoms with van der Waals surface area (Å²) in [4.78, 5) is 15.2. The Balaban J connectivity index is 1.57. The first-order valence-electron chi connectivity index (χ1n) is 10.8. The van der Waals surface area contributed by atoms with E-state index in [0.29, 0.717) is 37.0 Å². The molecule has 6 nitrogen and oxygen atoms in total. The van der Waals surface area contributed by atoms with Gasteiger partial charge in [-0.15, -0.1) is 0 Å². The van der Waals surface area contributed by atoms with Crippen LogP contribution in [0.5, 0.6) is 0 Å². The Kier molecular flexibility index (Phi) is 7.02. The SMILES string of the molecule is Cc1ccc(S(=O)(=O)N2CCN(C(C)C(=O)NC3CCCCC3C)CC2)cc1C. The predicted molar refractivity (Wildman–Crippen MR) is 115 cm³/mol. The maximum absolute atomic E-state index is 13.0. The van der Waals surface area contributed by atoms with Crippen molar-refractivity contribution in [1.82, 2.24) is 14.5 Å². The van der Waals surface area contributed by atoms with Gasteiger partial charge >= 0.3 is 0 Å². The second-order valence-corrected chi connectivity index (χ2v) is 10.7. The third kappa shape index (κ3) is 5.01. The summed E-state index contributed by atoms with van der Waals surface area (Å²) in [6.45, 7) is 10.0. The summed E-state index contributed by atoms with van der Waals surface area (Å²) in [6, 6.07) is 5.32. The van der Waals surface area contributed by atoms with E-state index >= 15 is 0 Å². The molecular formula is C22H35N3O3S. The van der Waals surface area contributed by atoms with Gasteiger partial charge in [-0.05, 0) is 62.8 Å². The van der Waals surface area contributed by atoms with Crippen LogP contribution in [0.25, 0.3) is 0 Å². The number of amides is 1. The standard InChI is InChI=1S/C22H35N3O3S/c1-16-9-10-20(15-18(16)3)29(27,28)25-13-11-24(12-14-25)19(4)22(26)23-21-8-6-5-7-17(21)2/h9-10,15,17,19,21H,5-8,11-14H2,1-4H3,(H,23,26). The van der Waals surface area contributed by atoms with Crippen molar-refractivity contribution in [1.29, 1.82) is 0 Å². The van der Waals surface area contributed by atoms with Gasteiger partial charge < -0.3 is 5.32 Å². The zero-order valence-electron chi connectivity index (χ0n) is 18.1. The van der Waals surface area contributed by atoms with E-state index in [2.05, 4.69) is 17.1 Å². The fourth-order valence-electron chi connectivity index (χ4n) is 4.35. The number of rotatable bonds is 5. The van der Waals surface area contributed by atoms with Crippen molar-refractivity contribution in [3.05, 3.63) is 29.3 Å². The molecule has 0 spiro atoms. The van der Waals surface area contributed by atoms with E-state index in [-0.39, 0.29) is 18.0 Å². The topological polar surface area (TPSA) is 69.7 Å². The molecule has 3 rings (SSSR count). The van der Waals surface area contributed by atoms with Crippen molar-refractivity contribution in [2.75, 3.05) is 26.2 Å². The number of sulfonamides is 1. The van der Waals surface area contributed by atoms with Gasteiger partial charge in [0.1, 0.15) is 0 Å². The summed E-state index contributed by atoms with van der Waals surface area (Å²) in [5.41, 5.74) is 2.06. The number of carbonyl (C=O) groups is 1. The molecule has 3 unspecified atom stereocenters. The second-order valence-electron chi connectivity index (χ2n) is 8.74. The summed E-state index contributed by atoms with van der Waals surface area (Å²) in [7, 11) is -3.49. The summed E-state index contributed by atoms with van der Waals surface area (Å²) in [6.07, 6.45) is 4.66. The quantitative estimate of drug-likeness (QED) is 0.794. The van der Waals surface area contributed by atoms with Gasteiger partial charge in [-0.2, -0.15) is 4.31 Å². The number of carbonyl (C=O) groups excluding carboxylic acids is 1. The largest absolute Gasteiger partial charge is 0.352 e. The molecule has 2 fully saturated rings. The van der Waals surface area contributed by atoms with E-state index < -0.39 is 10.0 Å². The molecule has 1 saturated carbocycles. The Bertz CT molecular complexity index is 832. The van der Waals surface area contributed by atoms with Crippen LogP contribution < -0.4 is 5.32 Å². The first kappa shape index (κ1) is 22.2. The van der Waals surface area contributed by atoms with Gasteiger partial charge in [-0.3, -0.25) is 9.69 Å². The van der Waals surface area contributed by atoms with Gasteiger partial charge in [0.05, 0.1) is 10.9 Å². The van der Waals surface area contributed by atoms with Crippen LogP contribution in [0.1, 0.15) is 50.7 Å². The average Bonchev–Trinajstić information content (AvgIpc) is 2.71. The maximum Gasteiger partial charge on any atom is 0.243 e. The lowest BCUT2D eigenvalue weighted by atomic mass is 9.86. The van der Waals surface area contributed by atoms with E-state index in [0.717, 1.165) is 17.5 Å². The molecule has 162 valence electrons. The molecule has 1 saturated heterocycles. The summed E-state index contributed by atoms with van der Waals surface area (Å²) in [5, 5.41) is 3.23. The molecule has 1 aromatic rings. The predicted octanol–water partition coefficient (Wildman–Crippen LogP) is 2.69. The van der Waals surface area contributed by atoms with Crippen LogP contribution in [-0.4, -0.2) is 61.8 Å². The molecular weight excluding hydrogens is 386 g/mol.